The van der Waals surface area contributed by atoms with Crippen LogP contribution < -0.4 is 5.32 Å². The van der Waals surface area contributed by atoms with Crippen molar-refractivity contribution in [3.63, 3.8) is 0 Å². The van der Waals surface area contributed by atoms with E-state index < -0.39 is 10.4 Å². The molecule has 0 aliphatic rings. The van der Waals surface area contributed by atoms with E-state index >= 15 is 0 Å². The van der Waals surface area contributed by atoms with Crippen LogP contribution in [0.1, 0.15) is 137 Å². The lowest BCUT2D eigenvalue weighted by atomic mass is 10.0. The van der Waals surface area contributed by atoms with E-state index in [4.69, 9.17) is 4.55 Å². The van der Waals surface area contributed by atoms with Crippen LogP contribution in [0.15, 0.2) is 0 Å². The second-order valence-electron chi connectivity index (χ2n) is 9.31. The van der Waals surface area contributed by atoms with Gasteiger partial charge in [-0.25, -0.2) is 4.18 Å². The molecule has 0 bridgehead atoms. The molecule has 6 heteroatoms. The van der Waals surface area contributed by atoms with Crippen LogP contribution in [0.2, 0.25) is 0 Å². The Bertz CT molecular complexity index is 433. The van der Waals surface area contributed by atoms with E-state index in [1.165, 1.54) is 116 Å². The third kappa shape index (κ3) is 35.3. The molecule has 0 aromatic rings. The monoisotopic (exact) mass is 451 g/mol. The number of rotatable bonds is 19. The summed E-state index contributed by atoms with van der Waals surface area (Å²) in [7, 11) is -4.17. The Morgan fingerprint density at radius 1 is 0.667 bits per heavy atom. The summed E-state index contributed by atoms with van der Waals surface area (Å²) in [5, 5.41) is 3.57. The Labute approximate surface area is 189 Å². The number of hydrogen-bond acceptors (Lipinski definition) is 4. The van der Waals surface area contributed by atoms with E-state index in [9.17, 15) is 8.42 Å². The van der Waals surface area contributed by atoms with Gasteiger partial charge in [0.25, 0.3) is 0 Å². The van der Waals surface area contributed by atoms with Crippen LogP contribution in [-0.2, 0) is 14.6 Å². The van der Waals surface area contributed by atoms with Crippen molar-refractivity contribution in [3.05, 3.63) is 0 Å². The van der Waals surface area contributed by atoms with Crippen LogP contribution >= 0.6 is 0 Å². The Balaban J connectivity index is 0. The lowest BCUT2D eigenvalue weighted by Gasteiger charge is -2.20. The van der Waals surface area contributed by atoms with E-state index in [0.29, 0.717) is 0 Å². The third-order valence-electron chi connectivity index (χ3n) is 4.95. The highest BCUT2D eigenvalue weighted by Gasteiger charge is 2.06. The maximum absolute atomic E-state index is 9.56. The van der Waals surface area contributed by atoms with Gasteiger partial charge in [0, 0.05) is 5.54 Å². The normalized spacial score (nSPS) is 11.9. The van der Waals surface area contributed by atoms with Gasteiger partial charge in [-0.2, -0.15) is 8.42 Å². The van der Waals surface area contributed by atoms with Gasteiger partial charge in [-0.05, 0) is 40.7 Å². The minimum absolute atomic E-state index is 0.0289. The van der Waals surface area contributed by atoms with Crippen molar-refractivity contribution in [2.24, 2.45) is 0 Å². The smallest absolute Gasteiger partial charge is 0.312 e. The molecule has 0 aromatic heterocycles. The van der Waals surface area contributed by atoms with Gasteiger partial charge in [-0.3, -0.25) is 4.55 Å². The van der Waals surface area contributed by atoms with Gasteiger partial charge < -0.3 is 5.32 Å². The van der Waals surface area contributed by atoms with E-state index in [-0.39, 0.29) is 12.1 Å². The molecule has 0 aromatic carbocycles. The van der Waals surface area contributed by atoms with E-state index in [0.717, 1.165) is 0 Å². The summed E-state index contributed by atoms with van der Waals surface area (Å²) in [5.41, 5.74) is 0.287. The predicted octanol–water partition coefficient (Wildman–Crippen LogP) is 7.46. The van der Waals surface area contributed by atoms with E-state index in [1.807, 2.05) is 0 Å². The van der Waals surface area contributed by atoms with Crippen LogP contribution in [0.5, 0.6) is 0 Å². The van der Waals surface area contributed by atoms with Crippen molar-refractivity contribution in [1.82, 2.24) is 5.32 Å². The molecule has 0 aliphatic carbocycles. The Morgan fingerprint density at radius 2 is 1.00 bits per heavy atom. The van der Waals surface area contributed by atoms with Crippen molar-refractivity contribution >= 4 is 10.4 Å². The minimum Gasteiger partial charge on any atom is -0.312 e. The van der Waals surface area contributed by atoms with Crippen molar-refractivity contribution in [2.45, 2.75) is 143 Å². The summed E-state index contributed by atoms with van der Waals surface area (Å²) in [5.74, 6) is 0. The molecule has 30 heavy (non-hydrogen) atoms. The van der Waals surface area contributed by atoms with Gasteiger partial charge in [0.05, 0.1) is 6.61 Å². The molecular weight excluding hydrogens is 398 g/mol. The molecule has 0 heterocycles. The van der Waals surface area contributed by atoms with Crippen molar-refractivity contribution in [3.8, 4) is 0 Å². The second kappa shape index (κ2) is 22.0. The fourth-order valence-corrected chi connectivity index (χ4v) is 3.58. The van der Waals surface area contributed by atoms with Gasteiger partial charge in [-0.15, -0.1) is 0 Å². The summed E-state index contributed by atoms with van der Waals surface area (Å²) < 4.78 is 30.7. The molecular formula is C24H53NO4S. The molecule has 0 saturated carbocycles. The van der Waals surface area contributed by atoms with Crippen molar-refractivity contribution in [2.75, 3.05) is 13.2 Å². The molecule has 0 fully saturated rings. The SMILES string of the molecule is CCCCCCCCCCCCCCCCCCNC(C)(C)C.CCOS(=O)(=O)O. The topological polar surface area (TPSA) is 75.6 Å². The lowest BCUT2D eigenvalue weighted by molar-refractivity contribution is 0.283. The molecule has 0 aliphatic heterocycles. The highest BCUT2D eigenvalue weighted by Crippen LogP contribution is 2.13. The fraction of sp³-hybridized carbons (Fsp3) is 1.00. The summed E-state index contributed by atoms with van der Waals surface area (Å²) in [6, 6.07) is 0. The Morgan fingerprint density at radius 3 is 1.23 bits per heavy atom. The van der Waals surface area contributed by atoms with E-state index in [1.54, 1.807) is 0 Å². The van der Waals surface area contributed by atoms with Gasteiger partial charge in [0.15, 0.2) is 0 Å². The van der Waals surface area contributed by atoms with Crippen molar-refractivity contribution in [1.29, 1.82) is 0 Å². The zero-order chi connectivity index (χ0) is 23.1. The summed E-state index contributed by atoms with van der Waals surface area (Å²) in [6.07, 6.45) is 23.2. The van der Waals surface area contributed by atoms with Gasteiger partial charge >= 0.3 is 10.4 Å². The predicted molar refractivity (Wildman–Crippen MR) is 130 cm³/mol. The molecule has 0 saturated heterocycles. The summed E-state index contributed by atoms with van der Waals surface area (Å²) in [6.45, 7) is 11.7. The number of nitrogens with one attached hydrogen (secondary N) is 1. The molecule has 184 valence electrons. The molecule has 0 amide bonds. The van der Waals surface area contributed by atoms with Gasteiger partial charge in [0.1, 0.15) is 0 Å². The maximum atomic E-state index is 9.56. The fourth-order valence-electron chi connectivity index (χ4n) is 3.29. The molecule has 5 nitrogen and oxygen atoms in total. The van der Waals surface area contributed by atoms with E-state index in [2.05, 4.69) is 37.2 Å². The highest BCUT2D eigenvalue weighted by atomic mass is 32.3. The summed E-state index contributed by atoms with van der Waals surface area (Å²) in [4.78, 5) is 0. The van der Waals surface area contributed by atoms with Gasteiger partial charge in [-0.1, -0.05) is 103 Å². The molecule has 2 N–H and O–H groups in total. The largest absolute Gasteiger partial charge is 0.397 e. The maximum Gasteiger partial charge on any atom is 0.397 e. The average Bonchev–Trinajstić information content (AvgIpc) is 2.63. The zero-order valence-corrected chi connectivity index (χ0v) is 21.6. The number of hydrogen-bond donors (Lipinski definition) is 2. The number of unbranched alkanes of at least 4 members (excludes halogenated alkanes) is 15. The third-order valence-corrected chi connectivity index (χ3v) is 5.49. The van der Waals surface area contributed by atoms with Crippen LogP contribution in [-0.4, -0.2) is 31.7 Å². The quantitative estimate of drug-likeness (QED) is 0.157. The average molecular weight is 452 g/mol. The molecule has 0 radical (unpaired) electrons. The Hall–Kier alpha value is -0.170. The van der Waals surface area contributed by atoms with Crippen LogP contribution in [0.3, 0.4) is 0 Å². The van der Waals surface area contributed by atoms with Crippen LogP contribution in [0.25, 0.3) is 0 Å². The minimum atomic E-state index is -4.17. The second-order valence-corrected chi connectivity index (χ2v) is 10.4. The molecule has 0 unspecified atom stereocenters. The molecule has 0 rings (SSSR count). The zero-order valence-electron chi connectivity index (χ0n) is 20.8. The van der Waals surface area contributed by atoms with Crippen LogP contribution in [0, 0.1) is 0 Å². The first-order valence-corrected chi connectivity index (χ1v) is 13.9. The van der Waals surface area contributed by atoms with Crippen molar-refractivity contribution < 1.29 is 17.2 Å². The first kappa shape index (κ1) is 32.0. The van der Waals surface area contributed by atoms with Crippen LogP contribution in [0.4, 0.5) is 0 Å². The molecule has 0 atom stereocenters. The lowest BCUT2D eigenvalue weighted by Crippen LogP contribution is -2.36. The standard InChI is InChI=1S/C22H47N.C2H6O4S/c1-5-6-7-8-9-10-11-12-13-14-15-16-17-18-19-20-21-23-22(2,3)4;1-2-6-7(3,4)5/h23H,5-21H2,1-4H3;2H2,1H3,(H,3,4,5). The highest BCUT2D eigenvalue weighted by molar-refractivity contribution is 7.80. The summed E-state index contributed by atoms with van der Waals surface area (Å²) >= 11 is 0. The molecule has 0 spiro atoms. The van der Waals surface area contributed by atoms with Gasteiger partial charge in [0.2, 0.25) is 0 Å². The Kier molecular flexibility index (Phi) is 23.5. The first-order chi connectivity index (χ1) is 14.1. The first-order valence-electron chi connectivity index (χ1n) is 12.5.